The highest BCUT2D eigenvalue weighted by Gasteiger charge is 2.26. The number of benzene rings is 1. The maximum atomic E-state index is 13.1. The summed E-state index contributed by atoms with van der Waals surface area (Å²) in [6, 6.07) is 10.9. The van der Waals surface area contributed by atoms with Crippen molar-refractivity contribution >= 4 is 5.91 Å². The molecular formula is C20H29N5O. The van der Waals surface area contributed by atoms with Crippen molar-refractivity contribution in [3.63, 3.8) is 0 Å². The number of nitrogens with zero attached hydrogens (tertiary/aromatic N) is 4. The van der Waals surface area contributed by atoms with Gasteiger partial charge in [0, 0.05) is 12.6 Å². The molecule has 1 fully saturated rings. The third-order valence-electron chi connectivity index (χ3n) is 5.24. The van der Waals surface area contributed by atoms with Crippen LogP contribution in [0.3, 0.4) is 0 Å². The fourth-order valence-electron chi connectivity index (χ4n) is 3.70. The summed E-state index contributed by atoms with van der Waals surface area (Å²) < 4.78 is 1.88. The highest BCUT2D eigenvalue weighted by molar-refractivity contribution is 5.92. The second-order valence-electron chi connectivity index (χ2n) is 6.91. The molecule has 3 rings (SSSR count). The van der Waals surface area contributed by atoms with Crippen LogP contribution in [0.2, 0.25) is 0 Å². The van der Waals surface area contributed by atoms with Gasteiger partial charge in [0.1, 0.15) is 0 Å². The Hall–Kier alpha value is -2.21. The second kappa shape index (κ2) is 8.94. The van der Waals surface area contributed by atoms with Crippen molar-refractivity contribution in [1.82, 2.24) is 25.2 Å². The van der Waals surface area contributed by atoms with Gasteiger partial charge in [0.2, 0.25) is 0 Å². The molecule has 1 unspecified atom stereocenters. The van der Waals surface area contributed by atoms with Crippen LogP contribution in [0.15, 0.2) is 36.5 Å². The van der Waals surface area contributed by atoms with Gasteiger partial charge in [0.15, 0.2) is 5.69 Å². The zero-order valence-corrected chi connectivity index (χ0v) is 15.8. The molecule has 1 aliphatic rings. The van der Waals surface area contributed by atoms with Crippen LogP contribution in [0.5, 0.6) is 0 Å². The third-order valence-corrected chi connectivity index (χ3v) is 5.24. The monoisotopic (exact) mass is 355 g/mol. The van der Waals surface area contributed by atoms with Crippen LogP contribution in [0.4, 0.5) is 0 Å². The Morgan fingerprint density at radius 2 is 2.00 bits per heavy atom. The molecule has 1 N–H and O–H groups in total. The first-order chi connectivity index (χ1) is 12.7. The molecule has 2 aromatic rings. The second-order valence-corrected chi connectivity index (χ2v) is 6.91. The van der Waals surface area contributed by atoms with E-state index in [1.807, 2.05) is 40.9 Å². The molecule has 2 heterocycles. The number of hydrogen-bond acceptors (Lipinski definition) is 4. The lowest BCUT2D eigenvalue weighted by Gasteiger charge is -2.29. The van der Waals surface area contributed by atoms with E-state index < -0.39 is 0 Å². The van der Waals surface area contributed by atoms with Crippen LogP contribution in [0.25, 0.3) is 0 Å². The first-order valence-corrected chi connectivity index (χ1v) is 9.70. The van der Waals surface area contributed by atoms with Crippen LogP contribution < -0.4 is 5.32 Å². The van der Waals surface area contributed by atoms with E-state index in [9.17, 15) is 4.79 Å². The maximum absolute atomic E-state index is 13.1. The minimum absolute atomic E-state index is 0.0181. The summed E-state index contributed by atoms with van der Waals surface area (Å²) in [5.41, 5.74) is 1.71. The zero-order valence-electron chi connectivity index (χ0n) is 15.8. The van der Waals surface area contributed by atoms with Crippen molar-refractivity contribution in [3.8, 4) is 0 Å². The van der Waals surface area contributed by atoms with E-state index >= 15 is 0 Å². The van der Waals surface area contributed by atoms with Gasteiger partial charge in [-0.1, -0.05) is 42.5 Å². The molecule has 1 amide bonds. The van der Waals surface area contributed by atoms with Crippen molar-refractivity contribution in [3.05, 3.63) is 47.8 Å². The van der Waals surface area contributed by atoms with Gasteiger partial charge in [-0.05, 0) is 51.3 Å². The first kappa shape index (κ1) is 18.6. The highest BCUT2D eigenvalue weighted by atomic mass is 16.2. The number of hydrogen-bond donors (Lipinski definition) is 1. The summed E-state index contributed by atoms with van der Waals surface area (Å²) in [5, 5.41) is 11.8. The lowest BCUT2D eigenvalue weighted by atomic mass is 10.0. The standard InChI is InChI=1S/C20H29N5O/c1-3-17(14-16-8-6-5-7-9-16)24(4-2)20(26)19-15-25(23-22-19)18-10-12-21-13-11-18/h5-9,15,17-18,21H,3-4,10-14H2,1-2H3. The molecule has 1 atom stereocenters. The van der Waals surface area contributed by atoms with Gasteiger partial charge < -0.3 is 10.2 Å². The summed E-state index contributed by atoms with van der Waals surface area (Å²) in [7, 11) is 0. The van der Waals surface area contributed by atoms with Crippen molar-refractivity contribution < 1.29 is 4.79 Å². The molecule has 6 nitrogen and oxygen atoms in total. The molecule has 26 heavy (non-hydrogen) atoms. The molecule has 0 spiro atoms. The largest absolute Gasteiger partial charge is 0.334 e. The minimum Gasteiger partial charge on any atom is -0.334 e. The summed E-state index contributed by atoms with van der Waals surface area (Å²) in [6.07, 6.45) is 5.66. The van der Waals surface area contributed by atoms with E-state index in [2.05, 4.69) is 34.7 Å². The van der Waals surface area contributed by atoms with Crippen LogP contribution in [-0.2, 0) is 6.42 Å². The number of amides is 1. The quantitative estimate of drug-likeness (QED) is 0.829. The molecular weight excluding hydrogens is 326 g/mol. The normalized spacial score (nSPS) is 16.4. The molecule has 1 saturated heterocycles. The van der Waals surface area contributed by atoms with Crippen molar-refractivity contribution in [2.75, 3.05) is 19.6 Å². The molecule has 1 aromatic carbocycles. The van der Waals surface area contributed by atoms with E-state index in [1.54, 1.807) is 0 Å². The van der Waals surface area contributed by atoms with Gasteiger partial charge in [0.25, 0.3) is 5.91 Å². The Kier molecular flexibility index (Phi) is 6.39. The number of nitrogens with one attached hydrogen (secondary N) is 1. The predicted octanol–water partition coefficient (Wildman–Crippen LogP) is 2.69. The summed E-state index contributed by atoms with van der Waals surface area (Å²) in [5.74, 6) is -0.0181. The van der Waals surface area contributed by atoms with E-state index in [-0.39, 0.29) is 11.9 Å². The fraction of sp³-hybridized carbons (Fsp3) is 0.550. The van der Waals surface area contributed by atoms with Gasteiger partial charge >= 0.3 is 0 Å². The molecule has 0 aliphatic carbocycles. The van der Waals surface area contributed by atoms with Crippen molar-refractivity contribution in [1.29, 1.82) is 0 Å². The Labute approximate surface area is 155 Å². The number of carbonyl (C=O) groups is 1. The Balaban J connectivity index is 1.72. The number of rotatable bonds is 7. The number of aromatic nitrogens is 3. The van der Waals surface area contributed by atoms with Gasteiger partial charge in [0.05, 0.1) is 12.2 Å². The minimum atomic E-state index is -0.0181. The van der Waals surface area contributed by atoms with Crippen LogP contribution in [-0.4, -0.2) is 51.5 Å². The fourth-order valence-corrected chi connectivity index (χ4v) is 3.70. The molecule has 0 saturated carbocycles. The summed E-state index contributed by atoms with van der Waals surface area (Å²) in [4.78, 5) is 15.0. The van der Waals surface area contributed by atoms with Crippen LogP contribution in [0, 0.1) is 0 Å². The average molecular weight is 355 g/mol. The van der Waals surface area contributed by atoms with E-state index in [0.29, 0.717) is 18.3 Å². The molecule has 6 heteroatoms. The molecule has 0 bridgehead atoms. The Morgan fingerprint density at radius 1 is 1.27 bits per heavy atom. The molecule has 140 valence electrons. The van der Waals surface area contributed by atoms with E-state index in [1.165, 1.54) is 5.56 Å². The van der Waals surface area contributed by atoms with Gasteiger partial charge in [-0.15, -0.1) is 5.10 Å². The van der Waals surface area contributed by atoms with Crippen LogP contribution in [0.1, 0.15) is 55.2 Å². The topological polar surface area (TPSA) is 63.1 Å². The first-order valence-electron chi connectivity index (χ1n) is 9.70. The molecule has 0 radical (unpaired) electrons. The third kappa shape index (κ3) is 4.30. The van der Waals surface area contributed by atoms with Crippen molar-refractivity contribution in [2.24, 2.45) is 0 Å². The number of carbonyl (C=O) groups excluding carboxylic acids is 1. The SMILES string of the molecule is CCC(Cc1ccccc1)N(CC)C(=O)c1cn(C2CCNCC2)nn1. The average Bonchev–Trinajstić information content (AvgIpc) is 3.19. The van der Waals surface area contributed by atoms with Gasteiger partial charge in [-0.25, -0.2) is 4.68 Å². The smallest absolute Gasteiger partial charge is 0.276 e. The lowest BCUT2D eigenvalue weighted by Crippen LogP contribution is -2.41. The van der Waals surface area contributed by atoms with E-state index in [4.69, 9.17) is 0 Å². The summed E-state index contributed by atoms with van der Waals surface area (Å²) in [6.45, 7) is 6.82. The Morgan fingerprint density at radius 3 is 2.65 bits per heavy atom. The van der Waals surface area contributed by atoms with Gasteiger partial charge in [-0.3, -0.25) is 4.79 Å². The number of piperidine rings is 1. The zero-order chi connectivity index (χ0) is 18.4. The van der Waals surface area contributed by atoms with Crippen molar-refractivity contribution in [2.45, 2.75) is 51.6 Å². The summed E-state index contributed by atoms with van der Waals surface area (Å²) >= 11 is 0. The molecule has 1 aliphatic heterocycles. The number of likely N-dealkylation sites (N-methyl/N-ethyl adjacent to an activating group) is 1. The highest BCUT2D eigenvalue weighted by Crippen LogP contribution is 2.19. The van der Waals surface area contributed by atoms with E-state index in [0.717, 1.165) is 38.8 Å². The predicted molar refractivity (Wildman–Crippen MR) is 102 cm³/mol. The molecule has 1 aromatic heterocycles. The van der Waals surface area contributed by atoms with Crippen LogP contribution >= 0.6 is 0 Å². The van der Waals surface area contributed by atoms with Gasteiger partial charge in [-0.2, -0.15) is 0 Å². The lowest BCUT2D eigenvalue weighted by molar-refractivity contribution is 0.0678. The Bertz CT molecular complexity index is 693. The maximum Gasteiger partial charge on any atom is 0.276 e.